The molecule has 0 saturated heterocycles. The molecule has 106 valence electrons. The molecule has 3 rings (SSSR count). The van der Waals surface area contributed by atoms with Crippen LogP contribution in [-0.4, -0.2) is 6.04 Å². The lowest BCUT2D eigenvalue weighted by atomic mass is 9.80. The van der Waals surface area contributed by atoms with Crippen LogP contribution in [0.25, 0.3) is 0 Å². The highest BCUT2D eigenvalue weighted by Gasteiger charge is 2.26. The maximum atomic E-state index is 6.56. The Balaban J connectivity index is 1.79. The van der Waals surface area contributed by atoms with Crippen molar-refractivity contribution in [3.8, 4) is 0 Å². The van der Waals surface area contributed by atoms with Gasteiger partial charge in [0.1, 0.15) is 0 Å². The van der Waals surface area contributed by atoms with Gasteiger partial charge in [-0.2, -0.15) is 0 Å². The first-order valence-electron chi connectivity index (χ1n) is 7.52. The lowest BCUT2D eigenvalue weighted by molar-refractivity contribution is 0.463. The zero-order chi connectivity index (χ0) is 14.1. The zero-order valence-electron chi connectivity index (χ0n) is 12.4. The molecule has 2 heteroatoms. The number of hydrogen-bond donors (Lipinski definition) is 1. The van der Waals surface area contributed by atoms with Crippen LogP contribution in [0.3, 0.4) is 0 Å². The monoisotopic (exact) mass is 285 g/mol. The maximum Gasteiger partial charge on any atom is 0.0149 e. The van der Waals surface area contributed by atoms with E-state index in [-0.39, 0.29) is 6.04 Å². The molecule has 0 fully saturated rings. The minimum atomic E-state index is 0.241. The van der Waals surface area contributed by atoms with E-state index in [0.29, 0.717) is 5.92 Å². The molecule has 2 N–H and O–H groups in total. The molecule has 1 aliphatic rings. The fourth-order valence-electron chi connectivity index (χ4n) is 3.57. The molecule has 1 nitrogen and oxygen atoms in total. The van der Waals surface area contributed by atoms with Crippen molar-refractivity contribution in [1.82, 2.24) is 0 Å². The molecule has 0 radical (unpaired) electrons. The van der Waals surface area contributed by atoms with Gasteiger partial charge in [0.2, 0.25) is 0 Å². The van der Waals surface area contributed by atoms with E-state index in [1.807, 2.05) is 11.3 Å². The summed E-state index contributed by atoms with van der Waals surface area (Å²) >= 11 is 1.90. The molecule has 0 spiro atoms. The number of fused-ring (bicyclic) bond motifs is 1. The molecule has 0 saturated carbocycles. The van der Waals surface area contributed by atoms with E-state index in [2.05, 4.69) is 43.5 Å². The van der Waals surface area contributed by atoms with Gasteiger partial charge in [0.25, 0.3) is 0 Å². The third-order valence-corrected chi connectivity index (χ3v) is 5.36. The third kappa shape index (κ3) is 2.82. The predicted molar refractivity (Wildman–Crippen MR) is 87.6 cm³/mol. The summed E-state index contributed by atoms with van der Waals surface area (Å²) in [6, 6.07) is 9.33. The Morgan fingerprint density at radius 1 is 1.25 bits per heavy atom. The van der Waals surface area contributed by atoms with Gasteiger partial charge in [0.05, 0.1) is 0 Å². The van der Waals surface area contributed by atoms with Gasteiger partial charge in [0.15, 0.2) is 0 Å². The van der Waals surface area contributed by atoms with E-state index in [0.717, 1.165) is 6.42 Å². The topological polar surface area (TPSA) is 26.0 Å². The molecule has 2 atom stereocenters. The Hall–Kier alpha value is -1.12. The van der Waals surface area contributed by atoms with Crippen LogP contribution in [-0.2, 0) is 12.8 Å². The Bertz CT molecular complexity index is 579. The summed E-state index contributed by atoms with van der Waals surface area (Å²) in [5.41, 5.74) is 12.2. The van der Waals surface area contributed by atoms with Gasteiger partial charge in [-0.15, -0.1) is 11.3 Å². The van der Waals surface area contributed by atoms with Crippen LogP contribution in [0.1, 0.15) is 45.9 Å². The number of thiophene rings is 1. The zero-order valence-corrected chi connectivity index (χ0v) is 13.2. The quantitative estimate of drug-likeness (QED) is 0.891. The van der Waals surface area contributed by atoms with Crippen molar-refractivity contribution in [1.29, 1.82) is 0 Å². The minimum Gasteiger partial charge on any atom is -0.327 e. The van der Waals surface area contributed by atoms with Gasteiger partial charge in [-0.05, 0) is 62.1 Å². The molecule has 0 bridgehead atoms. The molecule has 1 aromatic carbocycles. The Kier molecular flexibility index (Phi) is 3.95. The smallest absolute Gasteiger partial charge is 0.0149 e. The van der Waals surface area contributed by atoms with E-state index in [1.165, 1.54) is 41.5 Å². The largest absolute Gasteiger partial charge is 0.327 e. The van der Waals surface area contributed by atoms with Gasteiger partial charge in [-0.3, -0.25) is 0 Å². The van der Waals surface area contributed by atoms with E-state index in [1.54, 1.807) is 4.88 Å². The van der Waals surface area contributed by atoms with Crippen molar-refractivity contribution in [3.63, 3.8) is 0 Å². The third-order valence-electron chi connectivity index (χ3n) is 4.37. The highest BCUT2D eigenvalue weighted by molar-refractivity contribution is 7.10. The second-order valence-corrected chi connectivity index (χ2v) is 7.16. The maximum absolute atomic E-state index is 6.56. The molecule has 0 amide bonds. The van der Waals surface area contributed by atoms with Crippen molar-refractivity contribution in [2.24, 2.45) is 5.73 Å². The van der Waals surface area contributed by atoms with Crippen LogP contribution >= 0.6 is 11.3 Å². The van der Waals surface area contributed by atoms with Crippen molar-refractivity contribution in [2.75, 3.05) is 0 Å². The summed E-state index contributed by atoms with van der Waals surface area (Å²) < 4.78 is 0. The van der Waals surface area contributed by atoms with Crippen LogP contribution in [0.4, 0.5) is 0 Å². The second-order valence-electron chi connectivity index (χ2n) is 6.16. The van der Waals surface area contributed by atoms with Gasteiger partial charge >= 0.3 is 0 Å². The van der Waals surface area contributed by atoms with E-state index in [9.17, 15) is 0 Å². The van der Waals surface area contributed by atoms with Crippen LogP contribution in [0.2, 0.25) is 0 Å². The Morgan fingerprint density at radius 2 is 2.00 bits per heavy atom. The molecule has 1 aromatic heterocycles. The number of nitrogens with two attached hydrogens (primary N) is 1. The van der Waals surface area contributed by atoms with Gasteiger partial charge in [0, 0.05) is 16.8 Å². The van der Waals surface area contributed by atoms with Crippen molar-refractivity contribution in [2.45, 2.75) is 51.5 Å². The first-order chi connectivity index (χ1) is 9.63. The standard InChI is InChI=1S/C18H23NS/c1-12-8-13(2)10-14(9-12)11-17(19)15-4-3-5-18-16(15)6-7-20-18/h6-10,15,17H,3-5,11,19H2,1-2H3. The number of benzene rings is 1. The van der Waals surface area contributed by atoms with E-state index >= 15 is 0 Å². The normalized spacial score (nSPS) is 19.6. The lowest BCUT2D eigenvalue weighted by Crippen LogP contribution is -2.32. The summed E-state index contributed by atoms with van der Waals surface area (Å²) in [5.74, 6) is 0.547. The summed E-state index contributed by atoms with van der Waals surface area (Å²) in [5, 5.41) is 2.23. The molecule has 0 aliphatic heterocycles. The molecule has 1 heterocycles. The van der Waals surface area contributed by atoms with Crippen molar-refractivity contribution < 1.29 is 0 Å². The first kappa shape index (κ1) is 13.8. The number of rotatable bonds is 3. The van der Waals surface area contributed by atoms with E-state index < -0.39 is 0 Å². The summed E-state index contributed by atoms with van der Waals surface area (Å²) in [6.07, 6.45) is 4.77. The number of hydrogen-bond acceptors (Lipinski definition) is 2. The molecular formula is C18H23NS. The average Bonchev–Trinajstić information content (AvgIpc) is 2.85. The van der Waals surface area contributed by atoms with Crippen LogP contribution in [0.15, 0.2) is 29.6 Å². The van der Waals surface area contributed by atoms with Crippen LogP contribution in [0.5, 0.6) is 0 Å². The average molecular weight is 285 g/mol. The fraction of sp³-hybridized carbons (Fsp3) is 0.444. The Labute approximate surface area is 125 Å². The minimum absolute atomic E-state index is 0.241. The second kappa shape index (κ2) is 5.71. The van der Waals surface area contributed by atoms with Crippen molar-refractivity contribution in [3.05, 3.63) is 56.8 Å². The van der Waals surface area contributed by atoms with Crippen LogP contribution in [0, 0.1) is 13.8 Å². The van der Waals surface area contributed by atoms with Crippen molar-refractivity contribution >= 4 is 11.3 Å². The van der Waals surface area contributed by atoms with Gasteiger partial charge in [-0.25, -0.2) is 0 Å². The molecule has 20 heavy (non-hydrogen) atoms. The summed E-state index contributed by atoms with van der Waals surface area (Å²) in [6.45, 7) is 4.33. The molecular weight excluding hydrogens is 262 g/mol. The molecule has 2 aromatic rings. The fourth-order valence-corrected chi connectivity index (χ4v) is 4.56. The van der Waals surface area contributed by atoms with Crippen LogP contribution < -0.4 is 5.73 Å². The first-order valence-corrected chi connectivity index (χ1v) is 8.40. The molecule has 1 aliphatic carbocycles. The lowest BCUT2D eigenvalue weighted by Gasteiger charge is -2.28. The van der Waals surface area contributed by atoms with E-state index in [4.69, 9.17) is 5.73 Å². The predicted octanol–water partition coefficient (Wildman–Crippen LogP) is 4.35. The van der Waals surface area contributed by atoms with Gasteiger partial charge in [-0.1, -0.05) is 29.3 Å². The SMILES string of the molecule is Cc1cc(C)cc(CC(N)C2CCCc3sccc32)c1. The van der Waals surface area contributed by atoms with Gasteiger partial charge < -0.3 is 5.73 Å². The number of aryl methyl sites for hydroxylation is 3. The highest BCUT2D eigenvalue weighted by Crippen LogP contribution is 2.37. The summed E-state index contributed by atoms with van der Waals surface area (Å²) in [4.78, 5) is 1.57. The Morgan fingerprint density at radius 3 is 2.75 bits per heavy atom. The summed E-state index contributed by atoms with van der Waals surface area (Å²) in [7, 11) is 0. The highest BCUT2D eigenvalue weighted by atomic mass is 32.1. The molecule has 2 unspecified atom stereocenters.